The summed E-state index contributed by atoms with van der Waals surface area (Å²) in [5, 5.41) is 3.50. The van der Waals surface area contributed by atoms with Crippen LogP contribution in [0.25, 0.3) is 11.0 Å². The van der Waals surface area contributed by atoms with E-state index in [2.05, 4.69) is 10.1 Å². The van der Waals surface area contributed by atoms with E-state index in [1.54, 1.807) is 7.11 Å². The molecule has 10 heteroatoms. The van der Waals surface area contributed by atoms with Crippen molar-refractivity contribution in [3.05, 3.63) is 52.0 Å². The third-order valence-electron chi connectivity index (χ3n) is 3.42. The van der Waals surface area contributed by atoms with E-state index in [4.69, 9.17) is 18.4 Å². The van der Waals surface area contributed by atoms with Crippen LogP contribution >= 0.6 is 0 Å². The molecule has 1 aromatic carbocycles. The van der Waals surface area contributed by atoms with Gasteiger partial charge in [-0.3, -0.25) is 0 Å². The van der Waals surface area contributed by atoms with Crippen molar-refractivity contribution in [3.8, 4) is 5.75 Å². The Morgan fingerprint density at radius 1 is 1.23 bits per heavy atom. The lowest BCUT2D eigenvalue weighted by Crippen LogP contribution is -2.11. The molecule has 0 bridgehead atoms. The average molecular weight is 370 g/mol. The summed E-state index contributed by atoms with van der Waals surface area (Å²) in [6, 6.07) is 4.13. The molecule has 0 atom stereocenters. The molecule has 2 aromatic heterocycles. The van der Waals surface area contributed by atoms with Crippen LogP contribution in [0, 0.1) is 0 Å². The predicted molar refractivity (Wildman–Crippen MR) is 81.7 cm³/mol. The van der Waals surface area contributed by atoms with Crippen molar-refractivity contribution in [1.82, 2.24) is 10.1 Å². The summed E-state index contributed by atoms with van der Waals surface area (Å²) in [4.78, 5) is 15.5. The molecule has 0 amide bonds. The summed E-state index contributed by atoms with van der Waals surface area (Å²) in [6.45, 7) is 0.347. The Bertz CT molecular complexity index is 964. The van der Waals surface area contributed by atoms with Crippen LogP contribution < -0.4 is 10.4 Å². The van der Waals surface area contributed by atoms with Crippen LogP contribution in [-0.2, 0) is 23.9 Å². The highest BCUT2D eigenvalue weighted by Gasteiger charge is 2.33. The number of nitrogens with zero attached hydrogens (tertiary/aromatic N) is 2. The van der Waals surface area contributed by atoms with Gasteiger partial charge in [-0.15, -0.1) is 0 Å². The number of halogens is 3. The molecule has 0 aliphatic heterocycles. The Labute approximate surface area is 144 Å². The molecular weight excluding hydrogens is 357 g/mol. The Kier molecular flexibility index (Phi) is 4.94. The number of fused-ring (bicyclic) bond motifs is 1. The largest absolute Gasteiger partial charge is 0.484 e. The summed E-state index contributed by atoms with van der Waals surface area (Å²) >= 11 is 0. The molecule has 0 aliphatic carbocycles. The van der Waals surface area contributed by atoms with E-state index in [1.165, 1.54) is 18.2 Å². The van der Waals surface area contributed by atoms with Crippen molar-refractivity contribution in [2.45, 2.75) is 19.2 Å². The maximum absolute atomic E-state index is 13.0. The van der Waals surface area contributed by atoms with Crippen LogP contribution in [0.15, 0.2) is 38.0 Å². The van der Waals surface area contributed by atoms with E-state index in [0.29, 0.717) is 24.9 Å². The topological polar surface area (TPSA) is 87.6 Å². The second kappa shape index (κ2) is 7.16. The SMILES string of the molecule is COCCc1noc(COc2ccc3c(C(F)(F)F)cc(=O)oc3c2)n1. The zero-order valence-corrected chi connectivity index (χ0v) is 13.5. The monoisotopic (exact) mass is 370 g/mol. The smallest absolute Gasteiger partial charge is 0.417 e. The Hall–Kier alpha value is -2.88. The summed E-state index contributed by atoms with van der Waals surface area (Å²) in [5.41, 5.74) is -2.38. The molecule has 7 nitrogen and oxygen atoms in total. The van der Waals surface area contributed by atoms with Crippen LogP contribution in [0.5, 0.6) is 5.75 Å². The van der Waals surface area contributed by atoms with Gasteiger partial charge in [-0.25, -0.2) is 4.79 Å². The summed E-state index contributed by atoms with van der Waals surface area (Å²) in [6.07, 6.45) is -4.19. The van der Waals surface area contributed by atoms with Crippen LogP contribution in [0.2, 0.25) is 0 Å². The highest BCUT2D eigenvalue weighted by Crippen LogP contribution is 2.34. The van der Waals surface area contributed by atoms with Gasteiger partial charge in [0, 0.05) is 31.0 Å². The molecule has 2 heterocycles. The van der Waals surface area contributed by atoms with E-state index >= 15 is 0 Å². The number of benzene rings is 1. The van der Waals surface area contributed by atoms with Crippen molar-refractivity contribution >= 4 is 11.0 Å². The molecule has 3 aromatic rings. The quantitative estimate of drug-likeness (QED) is 0.617. The Morgan fingerprint density at radius 3 is 2.77 bits per heavy atom. The fraction of sp³-hybridized carbons (Fsp3) is 0.312. The summed E-state index contributed by atoms with van der Waals surface area (Å²) in [7, 11) is 1.55. The van der Waals surface area contributed by atoms with Crippen LogP contribution in [-0.4, -0.2) is 23.9 Å². The molecule has 0 saturated heterocycles. The number of methoxy groups -OCH3 is 1. The van der Waals surface area contributed by atoms with Gasteiger partial charge in [-0.1, -0.05) is 5.16 Å². The van der Waals surface area contributed by atoms with E-state index < -0.39 is 17.4 Å². The van der Waals surface area contributed by atoms with Crippen LogP contribution in [0.4, 0.5) is 13.2 Å². The number of aromatic nitrogens is 2. The Morgan fingerprint density at radius 2 is 2.04 bits per heavy atom. The lowest BCUT2D eigenvalue weighted by molar-refractivity contribution is -0.136. The van der Waals surface area contributed by atoms with Gasteiger partial charge in [0.05, 0.1) is 12.2 Å². The first kappa shape index (κ1) is 17.9. The van der Waals surface area contributed by atoms with E-state index in [-0.39, 0.29) is 29.2 Å². The maximum Gasteiger partial charge on any atom is 0.417 e. The zero-order chi connectivity index (χ0) is 18.7. The van der Waals surface area contributed by atoms with Crippen molar-refractivity contribution < 1.29 is 31.6 Å². The van der Waals surface area contributed by atoms with Crippen LogP contribution in [0.3, 0.4) is 0 Å². The second-order valence-electron chi connectivity index (χ2n) is 5.27. The standard InChI is InChI=1S/C16H13F3N2O5/c1-23-5-4-13-20-14(26-21-13)8-24-9-2-3-10-11(16(17,18)19)7-15(22)25-12(10)6-9/h2-3,6-7H,4-5,8H2,1H3. The lowest BCUT2D eigenvalue weighted by Gasteiger charge is -2.10. The average Bonchev–Trinajstić information content (AvgIpc) is 3.04. The fourth-order valence-electron chi connectivity index (χ4n) is 2.26. The zero-order valence-electron chi connectivity index (χ0n) is 13.5. The molecule has 0 spiro atoms. The molecule has 0 unspecified atom stereocenters. The van der Waals surface area contributed by atoms with E-state index in [1.807, 2.05) is 0 Å². The minimum atomic E-state index is -4.67. The Balaban J connectivity index is 1.79. The first-order valence-corrected chi connectivity index (χ1v) is 7.45. The number of hydrogen-bond acceptors (Lipinski definition) is 7. The van der Waals surface area contributed by atoms with Gasteiger partial charge in [-0.05, 0) is 12.1 Å². The molecule has 3 rings (SSSR count). The summed E-state index contributed by atoms with van der Waals surface area (Å²) < 4.78 is 59.2. The molecule has 138 valence electrons. The minimum absolute atomic E-state index is 0.0886. The normalized spacial score (nSPS) is 11.8. The lowest BCUT2D eigenvalue weighted by atomic mass is 10.1. The molecule has 0 radical (unpaired) electrons. The first-order chi connectivity index (χ1) is 12.4. The highest BCUT2D eigenvalue weighted by molar-refractivity contribution is 5.82. The second-order valence-corrected chi connectivity index (χ2v) is 5.27. The molecule has 0 saturated carbocycles. The fourth-order valence-corrected chi connectivity index (χ4v) is 2.26. The molecular formula is C16H13F3N2O5. The van der Waals surface area contributed by atoms with Crippen molar-refractivity contribution in [1.29, 1.82) is 0 Å². The van der Waals surface area contributed by atoms with Crippen molar-refractivity contribution in [3.63, 3.8) is 0 Å². The summed E-state index contributed by atoms with van der Waals surface area (Å²) in [5.74, 6) is 0.836. The minimum Gasteiger partial charge on any atom is -0.484 e. The number of alkyl halides is 3. The van der Waals surface area contributed by atoms with E-state index in [9.17, 15) is 18.0 Å². The van der Waals surface area contributed by atoms with Crippen molar-refractivity contribution in [2.75, 3.05) is 13.7 Å². The van der Waals surface area contributed by atoms with E-state index in [0.717, 1.165) is 0 Å². The van der Waals surface area contributed by atoms with Gasteiger partial charge >= 0.3 is 11.8 Å². The number of ether oxygens (including phenoxy) is 2. The molecule has 26 heavy (non-hydrogen) atoms. The third kappa shape index (κ3) is 4.02. The molecule has 0 fully saturated rings. The predicted octanol–water partition coefficient (Wildman–Crippen LogP) is 2.96. The third-order valence-corrected chi connectivity index (χ3v) is 3.42. The number of hydrogen-bond donors (Lipinski definition) is 0. The first-order valence-electron chi connectivity index (χ1n) is 7.45. The van der Waals surface area contributed by atoms with Gasteiger partial charge in [0.2, 0.25) is 0 Å². The van der Waals surface area contributed by atoms with Gasteiger partial charge < -0.3 is 18.4 Å². The van der Waals surface area contributed by atoms with Gasteiger partial charge in [0.1, 0.15) is 11.3 Å². The van der Waals surface area contributed by atoms with Crippen molar-refractivity contribution in [2.24, 2.45) is 0 Å². The van der Waals surface area contributed by atoms with Gasteiger partial charge in [0.15, 0.2) is 12.4 Å². The van der Waals surface area contributed by atoms with Gasteiger partial charge in [0.25, 0.3) is 5.89 Å². The molecule has 0 aliphatic rings. The van der Waals surface area contributed by atoms with Gasteiger partial charge in [-0.2, -0.15) is 18.2 Å². The highest BCUT2D eigenvalue weighted by atomic mass is 19.4. The number of rotatable bonds is 6. The van der Waals surface area contributed by atoms with Crippen LogP contribution in [0.1, 0.15) is 17.3 Å². The maximum atomic E-state index is 13.0. The molecule has 0 N–H and O–H groups in total.